The Morgan fingerprint density at radius 1 is 1.38 bits per heavy atom. The van der Waals surface area contributed by atoms with Crippen LogP contribution in [0.15, 0.2) is 28.7 Å². The van der Waals surface area contributed by atoms with Crippen molar-refractivity contribution < 1.29 is 0 Å². The van der Waals surface area contributed by atoms with Gasteiger partial charge in [-0.15, -0.1) is 0 Å². The molecule has 0 atom stereocenters. The first kappa shape index (κ1) is 9.60. The van der Waals surface area contributed by atoms with Gasteiger partial charge in [0.1, 0.15) is 0 Å². The maximum absolute atomic E-state index is 4.46. The molecule has 1 aromatic carbocycles. The molecule has 0 aliphatic heterocycles. The number of hydrogen-bond donors (Lipinski definition) is 1. The molecule has 0 heterocycles. The van der Waals surface area contributed by atoms with E-state index in [0.29, 0.717) is 5.41 Å². The van der Waals surface area contributed by atoms with Gasteiger partial charge in [-0.25, -0.2) is 0 Å². The van der Waals surface area contributed by atoms with Gasteiger partial charge in [0.2, 0.25) is 0 Å². The first-order valence-electron chi connectivity index (χ1n) is 4.64. The quantitative estimate of drug-likeness (QED) is 0.765. The van der Waals surface area contributed by atoms with Crippen LogP contribution in [0.25, 0.3) is 0 Å². The summed E-state index contributed by atoms with van der Waals surface area (Å²) < 4.78 is 1.18. The fraction of sp³-hybridized carbons (Fsp3) is 0.455. The third kappa shape index (κ3) is 1.66. The molecule has 0 bridgehead atoms. The van der Waals surface area contributed by atoms with Crippen molar-refractivity contribution >= 4 is 28.6 Å². The summed E-state index contributed by atoms with van der Waals surface area (Å²) in [6.07, 6.45) is 3.95. The highest BCUT2D eigenvalue weighted by Crippen LogP contribution is 2.44. The topological polar surface area (TPSA) is 0 Å². The van der Waals surface area contributed by atoms with E-state index in [4.69, 9.17) is 0 Å². The molecule has 2 rings (SSSR count). The number of hydrogen-bond acceptors (Lipinski definition) is 1. The minimum atomic E-state index is 0.382. The molecular formula is C11H13BrS. The lowest BCUT2D eigenvalue weighted by molar-refractivity contribution is 0.279. The molecule has 13 heavy (non-hydrogen) atoms. The zero-order valence-electron chi connectivity index (χ0n) is 7.46. The summed E-state index contributed by atoms with van der Waals surface area (Å²) in [6, 6.07) is 8.65. The van der Waals surface area contributed by atoms with Gasteiger partial charge in [-0.2, -0.15) is 12.6 Å². The lowest BCUT2D eigenvalue weighted by Gasteiger charge is -2.41. The third-order valence-corrected chi connectivity index (χ3v) is 4.15. The van der Waals surface area contributed by atoms with Gasteiger partial charge in [0.05, 0.1) is 0 Å². The van der Waals surface area contributed by atoms with Crippen LogP contribution in [0.3, 0.4) is 0 Å². The summed E-state index contributed by atoms with van der Waals surface area (Å²) in [5.41, 5.74) is 1.83. The van der Waals surface area contributed by atoms with Crippen LogP contribution in [-0.4, -0.2) is 5.75 Å². The first-order valence-corrected chi connectivity index (χ1v) is 6.06. The Hall–Kier alpha value is 0.0500. The molecule has 1 aliphatic rings. The molecular weight excluding hydrogens is 244 g/mol. The molecule has 0 amide bonds. The fourth-order valence-electron chi connectivity index (χ4n) is 1.96. The van der Waals surface area contributed by atoms with Gasteiger partial charge in [0, 0.05) is 9.89 Å². The first-order chi connectivity index (χ1) is 6.27. The highest BCUT2D eigenvalue weighted by atomic mass is 79.9. The Balaban J connectivity index is 2.33. The van der Waals surface area contributed by atoms with Crippen molar-refractivity contribution in [3.63, 3.8) is 0 Å². The number of benzene rings is 1. The van der Waals surface area contributed by atoms with Gasteiger partial charge in [0.15, 0.2) is 0 Å². The molecule has 0 radical (unpaired) electrons. The second-order valence-corrected chi connectivity index (χ2v) is 5.03. The van der Waals surface area contributed by atoms with Gasteiger partial charge in [-0.05, 0) is 36.3 Å². The highest BCUT2D eigenvalue weighted by Gasteiger charge is 2.37. The SMILES string of the molecule is SCC1(c2cccc(Br)c2)CCC1. The van der Waals surface area contributed by atoms with E-state index in [0.717, 1.165) is 5.75 Å². The summed E-state index contributed by atoms with van der Waals surface area (Å²) in [7, 11) is 0. The molecule has 1 fully saturated rings. The average Bonchev–Trinajstić information content (AvgIpc) is 2.03. The van der Waals surface area contributed by atoms with Crippen LogP contribution < -0.4 is 0 Å². The molecule has 1 saturated carbocycles. The van der Waals surface area contributed by atoms with E-state index in [1.165, 1.54) is 29.3 Å². The maximum Gasteiger partial charge on any atom is 0.0178 e. The Bertz CT molecular complexity index is 299. The van der Waals surface area contributed by atoms with Crippen molar-refractivity contribution in [1.82, 2.24) is 0 Å². The smallest absolute Gasteiger partial charge is 0.0178 e. The van der Waals surface area contributed by atoms with Gasteiger partial charge in [0.25, 0.3) is 0 Å². The summed E-state index contributed by atoms with van der Waals surface area (Å²) in [5, 5.41) is 0. The molecule has 70 valence electrons. The third-order valence-electron chi connectivity index (χ3n) is 3.05. The van der Waals surface area contributed by atoms with E-state index in [-0.39, 0.29) is 0 Å². The predicted octanol–water partition coefficient (Wildman–Crippen LogP) is 3.80. The van der Waals surface area contributed by atoms with Crippen molar-refractivity contribution in [2.24, 2.45) is 0 Å². The molecule has 0 N–H and O–H groups in total. The molecule has 1 aliphatic carbocycles. The van der Waals surface area contributed by atoms with E-state index in [1.807, 2.05) is 0 Å². The minimum absolute atomic E-state index is 0.382. The van der Waals surface area contributed by atoms with Crippen molar-refractivity contribution in [2.45, 2.75) is 24.7 Å². The summed E-state index contributed by atoms with van der Waals surface area (Å²) in [6.45, 7) is 0. The van der Waals surface area contributed by atoms with Gasteiger partial charge >= 0.3 is 0 Å². The summed E-state index contributed by atoms with van der Waals surface area (Å²) in [4.78, 5) is 0. The summed E-state index contributed by atoms with van der Waals surface area (Å²) in [5.74, 6) is 0.976. The van der Waals surface area contributed by atoms with Crippen LogP contribution in [0.2, 0.25) is 0 Å². The number of thiol groups is 1. The van der Waals surface area contributed by atoms with Crippen molar-refractivity contribution in [3.05, 3.63) is 34.3 Å². The second kappa shape index (κ2) is 3.66. The van der Waals surface area contributed by atoms with E-state index < -0.39 is 0 Å². The van der Waals surface area contributed by atoms with E-state index >= 15 is 0 Å². The zero-order chi connectivity index (χ0) is 9.31. The molecule has 2 heteroatoms. The maximum atomic E-state index is 4.46. The standard InChI is InChI=1S/C11H13BrS/c12-10-4-1-3-9(7-10)11(8-13)5-2-6-11/h1,3-4,7,13H,2,5-6,8H2. The predicted molar refractivity (Wildman–Crippen MR) is 63.5 cm³/mol. The van der Waals surface area contributed by atoms with Crippen LogP contribution in [-0.2, 0) is 5.41 Å². The Morgan fingerprint density at radius 2 is 2.15 bits per heavy atom. The van der Waals surface area contributed by atoms with E-state index in [9.17, 15) is 0 Å². The van der Waals surface area contributed by atoms with Gasteiger partial charge in [-0.1, -0.05) is 34.5 Å². The second-order valence-electron chi connectivity index (χ2n) is 3.80. The lowest BCUT2D eigenvalue weighted by atomic mass is 9.66. The lowest BCUT2D eigenvalue weighted by Crippen LogP contribution is -2.35. The van der Waals surface area contributed by atoms with Crippen LogP contribution in [0, 0.1) is 0 Å². The Kier molecular flexibility index (Phi) is 2.70. The van der Waals surface area contributed by atoms with E-state index in [1.54, 1.807) is 0 Å². The van der Waals surface area contributed by atoms with E-state index in [2.05, 4.69) is 52.8 Å². The zero-order valence-corrected chi connectivity index (χ0v) is 9.94. The molecule has 0 aromatic heterocycles. The molecule has 0 unspecified atom stereocenters. The monoisotopic (exact) mass is 256 g/mol. The van der Waals surface area contributed by atoms with Gasteiger partial charge < -0.3 is 0 Å². The normalized spacial score (nSPS) is 19.5. The van der Waals surface area contributed by atoms with Crippen LogP contribution in [0.4, 0.5) is 0 Å². The minimum Gasteiger partial charge on any atom is -0.178 e. The number of rotatable bonds is 2. The van der Waals surface area contributed by atoms with Crippen molar-refractivity contribution in [1.29, 1.82) is 0 Å². The Labute approximate surface area is 93.3 Å². The Morgan fingerprint density at radius 3 is 2.62 bits per heavy atom. The molecule has 0 spiro atoms. The number of halogens is 1. The highest BCUT2D eigenvalue weighted by molar-refractivity contribution is 9.10. The van der Waals surface area contributed by atoms with Crippen LogP contribution in [0.5, 0.6) is 0 Å². The average molecular weight is 257 g/mol. The van der Waals surface area contributed by atoms with Gasteiger partial charge in [-0.3, -0.25) is 0 Å². The summed E-state index contributed by atoms with van der Waals surface area (Å²) >= 11 is 7.97. The molecule has 0 saturated heterocycles. The van der Waals surface area contributed by atoms with Crippen molar-refractivity contribution in [2.75, 3.05) is 5.75 Å². The van der Waals surface area contributed by atoms with Crippen LogP contribution in [0.1, 0.15) is 24.8 Å². The molecule has 0 nitrogen and oxygen atoms in total. The largest absolute Gasteiger partial charge is 0.178 e. The van der Waals surface area contributed by atoms with Crippen molar-refractivity contribution in [3.8, 4) is 0 Å². The van der Waals surface area contributed by atoms with Crippen LogP contribution >= 0.6 is 28.6 Å². The molecule has 1 aromatic rings. The fourth-order valence-corrected chi connectivity index (χ4v) is 2.86.